The number of para-hydroxylation sites is 1. The summed E-state index contributed by atoms with van der Waals surface area (Å²) in [5.74, 6) is -0.305. The maximum absolute atomic E-state index is 13.9. The maximum atomic E-state index is 13.9. The lowest BCUT2D eigenvalue weighted by Crippen LogP contribution is -2.51. The van der Waals surface area contributed by atoms with Gasteiger partial charge in [0.2, 0.25) is 4.33 Å². The first-order chi connectivity index (χ1) is 16.4. The van der Waals surface area contributed by atoms with E-state index in [9.17, 15) is 9.59 Å². The number of ketones is 1. The molecule has 34 heavy (non-hydrogen) atoms. The van der Waals surface area contributed by atoms with Crippen LogP contribution in [0.2, 0.25) is 5.02 Å². The molecule has 0 aliphatic carbocycles. The van der Waals surface area contributed by atoms with Gasteiger partial charge in [0.25, 0.3) is 5.91 Å². The average molecular weight is 506 g/mol. The molecule has 2 aliphatic rings. The Balaban J connectivity index is 1.68. The molecule has 1 fully saturated rings. The number of Topliss-reactive ketones (excluding diaryl/α,β-unsaturated/α-hetero) is 1. The zero-order chi connectivity index (χ0) is 23.9. The van der Waals surface area contributed by atoms with Gasteiger partial charge in [0.15, 0.2) is 10.8 Å². The zero-order valence-corrected chi connectivity index (χ0v) is 20.8. The number of nitrogens with zero attached hydrogens (tertiary/aromatic N) is 3. The van der Waals surface area contributed by atoms with Crippen LogP contribution in [-0.4, -0.2) is 21.1 Å². The van der Waals surface area contributed by atoms with Crippen molar-refractivity contribution in [2.75, 3.05) is 9.91 Å². The van der Waals surface area contributed by atoms with E-state index >= 15 is 0 Å². The number of hydrazone groups is 1. The van der Waals surface area contributed by atoms with Gasteiger partial charge in [-0.05, 0) is 66.7 Å². The molecule has 0 saturated carbocycles. The van der Waals surface area contributed by atoms with Gasteiger partial charge in [-0.2, -0.15) is 5.10 Å². The number of aryl methyl sites for hydroxylation is 1. The molecule has 3 aromatic carbocycles. The van der Waals surface area contributed by atoms with Gasteiger partial charge in [-0.25, -0.2) is 5.01 Å². The predicted molar refractivity (Wildman–Crippen MR) is 143 cm³/mol. The van der Waals surface area contributed by atoms with E-state index in [1.165, 1.54) is 30.4 Å². The second-order valence-corrected chi connectivity index (χ2v) is 11.0. The van der Waals surface area contributed by atoms with Crippen molar-refractivity contribution >= 4 is 69.3 Å². The first kappa shape index (κ1) is 22.8. The monoisotopic (exact) mass is 505 g/mol. The van der Waals surface area contributed by atoms with Gasteiger partial charge in [-0.15, -0.1) is 0 Å². The van der Waals surface area contributed by atoms with E-state index in [0.717, 1.165) is 22.5 Å². The minimum atomic E-state index is -1.04. The number of rotatable bonds is 4. The first-order valence-electron chi connectivity index (χ1n) is 10.6. The fourth-order valence-electron chi connectivity index (χ4n) is 3.73. The summed E-state index contributed by atoms with van der Waals surface area (Å²) in [6.07, 6.45) is 1.89. The average Bonchev–Trinajstić information content (AvgIpc) is 3.34. The third-order valence-corrected chi connectivity index (χ3v) is 8.46. The highest BCUT2D eigenvalue weighted by atomic mass is 35.5. The molecule has 1 amide bonds. The van der Waals surface area contributed by atoms with Crippen molar-refractivity contribution in [3.05, 3.63) is 99.9 Å². The number of anilines is 2. The molecule has 3 aromatic rings. The molecule has 1 atom stereocenters. The van der Waals surface area contributed by atoms with E-state index in [1.54, 1.807) is 22.0 Å². The SMILES string of the molecule is CC(=O)C1=NN(c2ccc(Cl)cc2)[C@]2(S1)S/C(=C\c1ccc(C)cc1)C(=O)N2c1ccccc1. The van der Waals surface area contributed by atoms with Crippen molar-refractivity contribution in [1.29, 1.82) is 0 Å². The number of hydrogen-bond donors (Lipinski definition) is 0. The second kappa shape index (κ2) is 8.98. The van der Waals surface area contributed by atoms with Crippen LogP contribution >= 0.6 is 35.1 Å². The molecule has 2 aliphatic heterocycles. The van der Waals surface area contributed by atoms with Gasteiger partial charge < -0.3 is 0 Å². The largest absolute Gasteiger partial charge is 0.292 e. The second-order valence-electron chi connectivity index (χ2n) is 7.90. The summed E-state index contributed by atoms with van der Waals surface area (Å²) >= 11 is 8.79. The van der Waals surface area contributed by atoms with Crippen molar-refractivity contribution in [3.63, 3.8) is 0 Å². The van der Waals surface area contributed by atoms with E-state index in [1.807, 2.05) is 79.7 Å². The lowest BCUT2D eigenvalue weighted by molar-refractivity contribution is -0.114. The number of carbonyl (C=O) groups excluding carboxylic acids is 2. The molecule has 0 unspecified atom stereocenters. The van der Waals surface area contributed by atoms with E-state index in [4.69, 9.17) is 11.6 Å². The highest BCUT2D eigenvalue weighted by molar-refractivity contribution is 8.29. The topological polar surface area (TPSA) is 53.0 Å². The summed E-state index contributed by atoms with van der Waals surface area (Å²) in [7, 11) is 0. The Bertz CT molecular complexity index is 1320. The van der Waals surface area contributed by atoms with E-state index < -0.39 is 4.33 Å². The lowest BCUT2D eigenvalue weighted by Gasteiger charge is -2.38. The predicted octanol–water partition coefficient (Wildman–Crippen LogP) is 6.54. The smallest absolute Gasteiger partial charge is 0.268 e. The molecule has 8 heteroatoms. The number of benzene rings is 3. The van der Waals surface area contributed by atoms with Gasteiger partial charge in [0, 0.05) is 17.6 Å². The van der Waals surface area contributed by atoms with Crippen LogP contribution in [0.1, 0.15) is 18.1 Å². The van der Waals surface area contributed by atoms with Gasteiger partial charge in [0.05, 0.1) is 10.6 Å². The van der Waals surface area contributed by atoms with Crippen LogP contribution in [0.3, 0.4) is 0 Å². The van der Waals surface area contributed by atoms with Gasteiger partial charge in [0.1, 0.15) is 0 Å². The van der Waals surface area contributed by atoms with Gasteiger partial charge in [-0.1, -0.05) is 71.4 Å². The summed E-state index contributed by atoms with van der Waals surface area (Å²) in [6, 6.07) is 24.7. The van der Waals surface area contributed by atoms with Crippen molar-refractivity contribution < 1.29 is 9.59 Å². The Hall–Kier alpha value is -3.00. The Labute approximate surface area is 211 Å². The van der Waals surface area contributed by atoms with Gasteiger partial charge in [-0.3, -0.25) is 14.5 Å². The maximum Gasteiger partial charge on any atom is 0.268 e. The number of carbonyl (C=O) groups is 2. The molecule has 2 heterocycles. The standard InChI is InChI=1S/C26H20ClN3O2S2/c1-17-8-10-19(11-9-17)16-23-25(32)29(21-6-4-3-5-7-21)26(33-23)30(28-24(34-26)18(2)31)22-14-12-20(27)13-15-22/h3-16H,1-2H3/b23-16-/t26-/m0/s1. The molecule has 0 bridgehead atoms. The molecule has 1 spiro atoms. The third-order valence-electron chi connectivity index (χ3n) is 5.39. The Morgan fingerprint density at radius 2 is 1.62 bits per heavy atom. The minimum absolute atomic E-state index is 0.150. The van der Waals surface area contributed by atoms with Crippen LogP contribution in [0.25, 0.3) is 6.08 Å². The summed E-state index contributed by atoms with van der Waals surface area (Å²) < 4.78 is -1.04. The van der Waals surface area contributed by atoms with Crippen molar-refractivity contribution in [1.82, 2.24) is 0 Å². The zero-order valence-electron chi connectivity index (χ0n) is 18.4. The fraction of sp³-hybridized carbons (Fsp3) is 0.115. The molecule has 0 radical (unpaired) electrons. The number of hydrogen-bond acceptors (Lipinski definition) is 6. The van der Waals surface area contributed by atoms with Crippen molar-refractivity contribution in [2.45, 2.75) is 18.2 Å². The normalized spacial score (nSPS) is 21.0. The van der Waals surface area contributed by atoms with E-state index in [0.29, 0.717) is 15.0 Å². The molecule has 5 nitrogen and oxygen atoms in total. The summed E-state index contributed by atoms with van der Waals surface area (Å²) in [6.45, 7) is 3.51. The molecule has 170 valence electrons. The van der Waals surface area contributed by atoms with Crippen LogP contribution in [-0.2, 0) is 9.59 Å². The summed E-state index contributed by atoms with van der Waals surface area (Å²) in [4.78, 5) is 28.6. The number of halogens is 1. The molecule has 1 saturated heterocycles. The lowest BCUT2D eigenvalue weighted by atomic mass is 10.1. The number of amides is 1. The highest BCUT2D eigenvalue weighted by Gasteiger charge is 2.59. The summed E-state index contributed by atoms with van der Waals surface area (Å²) in [5.41, 5.74) is 3.53. The Morgan fingerprint density at radius 3 is 2.26 bits per heavy atom. The van der Waals surface area contributed by atoms with Crippen LogP contribution in [0.15, 0.2) is 88.9 Å². The fourth-order valence-corrected chi connectivity index (χ4v) is 6.73. The first-order valence-corrected chi connectivity index (χ1v) is 12.6. The summed E-state index contributed by atoms with van der Waals surface area (Å²) in [5, 5.41) is 7.34. The van der Waals surface area contributed by atoms with E-state index in [-0.39, 0.29) is 11.7 Å². The van der Waals surface area contributed by atoms with Crippen LogP contribution in [0, 0.1) is 6.92 Å². The Morgan fingerprint density at radius 1 is 0.941 bits per heavy atom. The van der Waals surface area contributed by atoms with Crippen LogP contribution < -0.4 is 9.91 Å². The Kier molecular flexibility index (Phi) is 6.02. The molecular formula is C26H20ClN3O2S2. The minimum Gasteiger partial charge on any atom is -0.292 e. The highest BCUT2D eigenvalue weighted by Crippen LogP contribution is 2.59. The molecular weight excluding hydrogens is 486 g/mol. The van der Waals surface area contributed by atoms with Crippen LogP contribution in [0.4, 0.5) is 11.4 Å². The quantitative estimate of drug-likeness (QED) is 0.377. The molecule has 5 rings (SSSR count). The number of thioether (sulfide) groups is 2. The van der Waals surface area contributed by atoms with E-state index in [2.05, 4.69) is 5.10 Å². The van der Waals surface area contributed by atoms with Crippen molar-refractivity contribution in [3.8, 4) is 0 Å². The van der Waals surface area contributed by atoms with Crippen molar-refractivity contribution in [2.24, 2.45) is 5.10 Å². The van der Waals surface area contributed by atoms with Crippen LogP contribution in [0.5, 0.6) is 0 Å². The van der Waals surface area contributed by atoms with Gasteiger partial charge >= 0.3 is 0 Å². The third kappa shape index (κ3) is 4.04. The molecule has 0 aromatic heterocycles. The molecule has 0 N–H and O–H groups in total.